The van der Waals surface area contributed by atoms with Crippen LogP contribution < -0.4 is 20.1 Å². The summed E-state index contributed by atoms with van der Waals surface area (Å²) in [5.41, 5.74) is 2.20. The third-order valence-electron chi connectivity index (χ3n) is 6.33. The highest BCUT2D eigenvalue weighted by atomic mass is 16.6. The second-order valence-corrected chi connectivity index (χ2v) is 8.64. The zero-order valence-corrected chi connectivity index (χ0v) is 19.2. The van der Waals surface area contributed by atoms with E-state index < -0.39 is 11.6 Å². The predicted octanol–water partition coefficient (Wildman–Crippen LogP) is 5.75. The number of esters is 1. The normalized spacial score (nSPS) is 17.6. The number of carbonyl (C=O) groups is 2. The number of fused-ring (bicyclic) bond motifs is 4. The maximum Gasteiger partial charge on any atom is 0.346 e. The first-order chi connectivity index (χ1) is 17.6. The van der Waals surface area contributed by atoms with Crippen molar-refractivity contribution in [3.63, 3.8) is 0 Å². The number of hydrogen-bond donors (Lipinski definition) is 2. The molecule has 1 unspecified atom stereocenters. The summed E-state index contributed by atoms with van der Waals surface area (Å²) < 4.78 is 12.4. The van der Waals surface area contributed by atoms with E-state index in [2.05, 4.69) is 10.6 Å². The molecule has 2 aliphatic rings. The Morgan fingerprint density at radius 3 is 2.08 bits per heavy atom. The lowest BCUT2D eigenvalue weighted by Crippen LogP contribution is -2.48. The highest BCUT2D eigenvalue weighted by molar-refractivity contribution is 6.08. The average molecular weight is 475 g/mol. The van der Waals surface area contributed by atoms with Crippen LogP contribution >= 0.6 is 0 Å². The Morgan fingerprint density at radius 1 is 0.722 bits per heavy atom. The van der Waals surface area contributed by atoms with E-state index in [4.69, 9.17) is 9.47 Å². The Bertz CT molecular complexity index is 1500. The standard InChI is InChI=1S/C30H22N2O4/c33-26(31-20-11-3-1-4-12-20)19-30-23-16-8-10-18-25(23)35-29(34)27(30)28(32-21-13-5-2-6-14-21)22-15-7-9-17-24(22)36-30/h1-18,32H,19H2,(H,31,33). The minimum Gasteiger partial charge on any atom is -0.476 e. The molecule has 0 aliphatic carbocycles. The van der Waals surface area contributed by atoms with E-state index in [1.807, 2.05) is 97.1 Å². The molecule has 6 heteroatoms. The van der Waals surface area contributed by atoms with Gasteiger partial charge in [0.15, 0.2) is 5.60 Å². The van der Waals surface area contributed by atoms with Crippen LogP contribution in [0.1, 0.15) is 17.5 Å². The molecule has 0 fully saturated rings. The van der Waals surface area contributed by atoms with Gasteiger partial charge in [-0.1, -0.05) is 66.7 Å². The number of rotatable bonds is 5. The SMILES string of the molecule is O=C(CC12Oc3ccccc3C(Nc3ccccc3)=C1C(=O)Oc1ccccc12)Nc1ccccc1. The lowest BCUT2D eigenvalue weighted by Gasteiger charge is -2.43. The Balaban J connectivity index is 1.55. The van der Waals surface area contributed by atoms with Gasteiger partial charge in [-0.05, 0) is 42.5 Å². The molecule has 0 aromatic heterocycles. The maximum atomic E-state index is 13.6. The summed E-state index contributed by atoms with van der Waals surface area (Å²) >= 11 is 0. The molecule has 0 radical (unpaired) electrons. The van der Waals surface area contributed by atoms with Gasteiger partial charge in [-0.3, -0.25) is 4.79 Å². The minimum absolute atomic E-state index is 0.127. The quantitative estimate of drug-likeness (QED) is 0.285. The zero-order valence-electron chi connectivity index (χ0n) is 19.2. The molecule has 36 heavy (non-hydrogen) atoms. The van der Waals surface area contributed by atoms with E-state index in [0.717, 1.165) is 5.69 Å². The molecule has 0 bridgehead atoms. The smallest absolute Gasteiger partial charge is 0.346 e. The topological polar surface area (TPSA) is 76.7 Å². The number of ether oxygens (including phenoxy) is 2. The molecule has 4 aromatic carbocycles. The van der Waals surface area contributed by atoms with Gasteiger partial charge in [-0.25, -0.2) is 4.79 Å². The second-order valence-electron chi connectivity index (χ2n) is 8.64. The number of nitrogens with one attached hydrogen (secondary N) is 2. The molecule has 176 valence electrons. The maximum absolute atomic E-state index is 13.6. The highest BCUT2D eigenvalue weighted by Crippen LogP contribution is 2.53. The van der Waals surface area contributed by atoms with Gasteiger partial charge in [-0.15, -0.1) is 0 Å². The third kappa shape index (κ3) is 3.69. The summed E-state index contributed by atoms with van der Waals surface area (Å²) in [6.07, 6.45) is -0.127. The van der Waals surface area contributed by atoms with Gasteiger partial charge in [0.2, 0.25) is 5.91 Å². The number of amides is 1. The summed E-state index contributed by atoms with van der Waals surface area (Å²) in [4.78, 5) is 27.1. The molecular weight excluding hydrogens is 452 g/mol. The molecular formula is C30H22N2O4. The number of para-hydroxylation sites is 4. The van der Waals surface area contributed by atoms with Gasteiger partial charge < -0.3 is 20.1 Å². The molecule has 0 saturated carbocycles. The Kier molecular flexibility index (Phi) is 5.26. The number of anilines is 2. The van der Waals surface area contributed by atoms with Crippen LogP contribution in [0.15, 0.2) is 115 Å². The van der Waals surface area contributed by atoms with E-state index in [-0.39, 0.29) is 17.9 Å². The Hall–Kier alpha value is -4.84. The minimum atomic E-state index is -1.39. The van der Waals surface area contributed by atoms with Crippen molar-refractivity contribution >= 4 is 28.9 Å². The van der Waals surface area contributed by atoms with E-state index in [0.29, 0.717) is 34.0 Å². The average Bonchev–Trinajstić information content (AvgIpc) is 2.89. The summed E-state index contributed by atoms with van der Waals surface area (Å²) in [7, 11) is 0. The zero-order chi connectivity index (χ0) is 24.5. The number of carbonyl (C=O) groups excluding carboxylic acids is 2. The van der Waals surface area contributed by atoms with E-state index in [9.17, 15) is 9.59 Å². The molecule has 1 atom stereocenters. The van der Waals surface area contributed by atoms with E-state index in [1.54, 1.807) is 12.1 Å². The van der Waals surface area contributed by atoms with Gasteiger partial charge in [0, 0.05) is 22.5 Å². The van der Waals surface area contributed by atoms with Gasteiger partial charge in [0.05, 0.1) is 12.1 Å². The summed E-state index contributed by atoms with van der Waals surface area (Å²) in [5.74, 6) is 0.0877. The predicted molar refractivity (Wildman–Crippen MR) is 137 cm³/mol. The van der Waals surface area contributed by atoms with Crippen LogP contribution in [0.3, 0.4) is 0 Å². The fourth-order valence-corrected chi connectivity index (χ4v) is 4.80. The first-order valence-electron chi connectivity index (χ1n) is 11.7. The lowest BCUT2D eigenvalue weighted by molar-refractivity contribution is -0.135. The van der Waals surface area contributed by atoms with Crippen LogP contribution in [0.2, 0.25) is 0 Å². The largest absolute Gasteiger partial charge is 0.476 e. The molecule has 2 N–H and O–H groups in total. The van der Waals surface area contributed by atoms with Crippen LogP contribution in [-0.4, -0.2) is 11.9 Å². The molecule has 1 amide bonds. The van der Waals surface area contributed by atoms with Gasteiger partial charge in [0.1, 0.15) is 17.1 Å². The molecule has 2 heterocycles. The number of hydrogen-bond acceptors (Lipinski definition) is 5. The molecule has 0 saturated heterocycles. The molecule has 4 aromatic rings. The van der Waals surface area contributed by atoms with Gasteiger partial charge >= 0.3 is 5.97 Å². The molecule has 0 spiro atoms. The van der Waals surface area contributed by atoms with Crippen molar-refractivity contribution in [3.05, 3.63) is 126 Å². The van der Waals surface area contributed by atoms with Crippen molar-refractivity contribution in [2.24, 2.45) is 0 Å². The van der Waals surface area contributed by atoms with Crippen LogP contribution in [0, 0.1) is 0 Å². The monoisotopic (exact) mass is 474 g/mol. The van der Waals surface area contributed by atoms with Crippen molar-refractivity contribution in [3.8, 4) is 11.5 Å². The summed E-state index contributed by atoms with van der Waals surface area (Å²) in [5, 5.41) is 6.35. The van der Waals surface area contributed by atoms with E-state index >= 15 is 0 Å². The highest BCUT2D eigenvalue weighted by Gasteiger charge is 2.54. The van der Waals surface area contributed by atoms with Crippen molar-refractivity contribution in [2.75, 3.05) is 10.6 Å². The second kappa shape index (κ2) is 8.74. The first kappa shape index (κ1) is 21.7. The molecule has 6 rings (SSSR count). The molecule has 2 aliphatic heterocycles. The summed E-state index contributed by atoms with van der Waals surface area (Å²) in [6.45, 7) is 0. The fraction of sp³-hybridized carbons (Fsp3) is 0.0667. The van der Waals surface area contributed by atoms with Crippen molar-refractivity contribution in [1.82, 2.24) is 0 Å². The van der Waals surface area contributed by atoms with Crippen LogP contribution in [0.4, 0.5) is 11.4 Å². The summed E-state index contributed by atoms with van der Waals surface area (Å²) in [6, 6.07) is 33.5. The first-order valence-corrected chi connectivity index (χ1v) is 11.7. The van der Waals surface area contributed by atoms with Crippen molar-refractivity contribution in [1.29, 1.82) is 0 Å². The van der Waals surface area contributed by atoms with Gasteiger partial charge in [0.25, 0.3) is 0 Å². The van der Waals surface area contributed by atoms with Crippen LogP contribution in [0.25, 0.3) is 5.70 Å². The van der Waals surface area contributed by atoms with Crippen LogP contribution in [0.5, 0.6) is 11.5 Å². The third-order valence-corrected chi connectivity index (χ3v) is 6.33. The van der Waals surface area contributed by atoms with Crippen LogP contribution in [-0.2, 0) is 15.2 Å². The van der Waals surface area contributed by atoms with Crippen molar-refractivity contribution in [2.45, 2.75) is 12.0 Å². The van der Waals surface area contributed by atoms with E-state index in [1.165, 1.54) is 0 Å². The lowest BCUT2D eigenvalue weighted by atomic mass is 9.76. The Morgan fingerprint density at radius 2 is 1.33 bits per heavy atom. The Labute approximate surface area is 208 Å². The fourth-order valence-electron chi connectivity index (χ4n) is 4.80. The molecule has 6 nitrogen and oxygen atoms in total. The van der Waals surface area contributed by atoms with Gasteiger partial charge in [-0.2, -0.15) is 0 Å². The number of benzene rings is 4. The van der Waals surface area contributed by atoms with Crippen molar-refractivity contribution < 1.29 is 19.1 Å².